The van der Waals surface area contributed by atoms with E-state index in [0.29, 0.717) is 19.0 Å². The minimum atomic E-state index is 0. The van der Waals surface area contributed by atoms with E-state index < -0.39 is 0 Å². The summed E-state index contributed by atoms with van der Waals surface area (Å²) in [5.41, 5.74) is 2.09. The molecular formula is C18H28Cl2N4O. The van der Waals surface area contributed by atoms with Gasteiger partial charge in [0.15, 0.2) is 0 Å². The lowest BCUT2D eigenvalue weighted by Gasteiger charge is -2.34. The predicted molar refractivity (Wildman–Crippen MR) is 107 cm³/mol. The Morgan fingerprint density at radius 2 is 2.00 bits per heavy atom. The summed E-state index contributed by atoms with van der Waals surface area (Å²) in [5.74, 6) is 0.275. The van der Waals surface area contributed by atoms with E-state index in [9.17, 15) is 4.79 Å². The Morgan fingerprint density at radius 3 is 2.72 bits per heavy atom. The second-order valence-electron chi connectivity index (χ2n) is 6.24. The molecule has 0 radical (unpaired) electrons. The van der Waals surface area contributed by atoms with E-state index in [1.807, 2.05) is 24.5 Å². The van der Waals surface area contributed by atoms with Crippen LogP contribution in [0.4, 0.5) is 0 Å². The number of halogens is 2. The maximum Gasteiger partial charge on any atom is 0.224 e. The van der Waals surface area contributed by atoms with Gasteiger partial charge < -0.3 is 14.8 Å². The fraction of sp³-hybridized carbons (Fsp3) is 0.556. The molecule has 0 atom stereocenters. The first-order chi connectivity index (χ1) is 11.3. The Bertz CT molecular complexity index is 655. The molecule has 25 heavy (non-hydrogen) atoms. The van der Waals surface area contributed by atoms with Gasteiger partial charge in [-0.3, -0.25) is 4.79 Å². The molecule has 0 spiro atoms. The normalized spacial score (nSPS) is 14.6. The van der Waals surface area contributed by atoms with Crippen molar-refractivity contribution in [3.63, 3.8) is 0 Å². The Hall–Kier alpha value is -1.30. The van der Waals surface area contributed by atoms with Crippen molar-refractivity contribution in [2.75, 3.05) is 19.6 Å². The number of nitrogens with one attached hydrogen (secondary N) is 1. The summed E-state index contributed by atoms with van der Waals surface area (Å²) in [7, 11) is 0. The van der Waals surface area contributed by atoms with Crippen molar-refractivity contribution in [3.05, 3.63) is 30.6 Å². The van der Waals surface area contributed by atoms with Crippen molar-refractivity contribution < 1.29 is 4.79 Å². The molecule has 1 aromatic carbocycles. The number of aryl methyl sites for hydroxylation is 1. The molecule has 140 valence electrons. The van der Waals surface area contributed by atoms with E-state index in [0.717, 1.165) is 49.9 Å². The number of para-hydroxylation sites is 2. The van der Waals surface area contributed by atoms with Crippen molar-refractivity contribution in [1.29, 1.82) is 0 Å². The molecule has 1 aliphatic heterocycles. The number of fused-ring (bicyclic) bond motifs is 1. The highest BCUT2D eigenvalue weighted by atomic mass is 35.5. The number of carbonyl (C=O) groups excluding carboxylic acids is 1. The monoisotopic (exact) mass is 386 g/mol. The van der Waals surface area contributed by atoms with Crippen LogP contribution in [0.5, 0.6) is 0 Å². The Kier molecular flexibility index (Phi) is 9.25. The zero-order valence-electron chi connectivity index (χ0n) is 14.7. The zero-order chi connectivity index (χ0) is 16.1. The van der Waals surface area contributed by atoms with Crippen LogP contribution < -0.4 is 5.32 Å². The van der Waals surface area contributed by atoms with E-state index in [-0.39, 0.29) is 30.7 Å². The highest BCUT2D eigenvalue weighted by molar-refractivity contribution is 5.85. The van der Waals surface area contributed by atoms with Gasteiger partial charge in [-0.15, -0.1) is 24.8 Å². The summed E-state index contributed by atoms with van der Waals surface area (Å²) in [6.07, 6.45) is 5.54. The second kappa shape index (κ2) is 10.6. The highest BCUT2D eigenvalue weighted by Crippen LogP contribution is 2.16. The minimum Gasteiger partial charge on any atom is -0.340 e. The van der Waals surface area contributed by atoms with Crippen LogP contribution in [0, 0.1) is 0 Å². The number of amides is 1. The van der Waals surface area contributed by atoms with Crippen molar-refractivity contribution in [3.8, 4) is 0 Å². The van der Waals surface area contributed by atoms with Gasteiger partial charge in [0.25, 0.3) is 0 Å². The SMILES string of the molecule is CCCN(C(=O)CCn1cnc2ccccc21)C1CCNCC1.Cl.Cl. The highest BCUT2D eigenvalue weighted by Gasteiger charge is 2.24. The average Bonchev–Trinajstić information content (AvgIpc) is 3.01. The second-order valence-corrected chi connectivity index (χ2v) is 6.24. The molecule has 3 rings (SSSR count). The molecule has 1 aliphatic rings. The van der Waals surface area contributed by atoms with Gasteiger partial charge in [0, 0.05) is 25.6 Å². The molecule has 1 amide bonds. The summed E-state index contributed by atoms with van der Waals surface area (Å²) in [6, 6.07) is 8.48. The van der Waals surface area contributed by atoms with Crippen LogP contribution in [0.25, 0.3) is 11.0 Å². The van der Waals surface area contributed by atoms with E-state index in [4.69, 9.17) is 0 Å². The van der Waals surface area contributed by atoms with Gasteiger partial charge in [-0.05, 0) is 44.5 Å². The molecule has 0 aliphatic carbocycles. The molecule has 5 nitrogen and oxygen atoms in total. The average molecular weight is 387 g/mol. The first kappa shape index (κ1) is 21.7. The van der Waals surface area contributed by atoms with Crippen LogP contribution in [0.1, 0.15) is 32.6 Å². The van der Waals surface area contributed by atoms with Gasteiger partial charge in [0.1, 0.15) is 0 Å². The lowest BCUT2D eigenvalue weighted by Crippen LogP contribution is -2.46. The zero-order valence-corrected chi connectivity index (χ0v) is 16.3. The topological polar surface area (TPSA) is 50.2 Å². The Balaban J connectivity index is 0.00000156. The fourth-order valence-corrected chi connectivity index (χ4v) is 3.42. The van der Waals surface area contributed by atoms with Gasteiger partial charge in [-0.2, -0.15) is 0 Å². The third-order valence-electron chi connectivity index (χ3n) is 4.63. The van der Waals surface area contributed by atoms with Crippen LogP contribution in [0.3, 0.4) is 0 Å². The van der Waals surface area contributed by atoms with Crippen molar-refractivity contribution in [2.24, 2.45) is 0 Å². The van der Waals surface area contributed by atoms with E-state index >= 15 is 0 Å². The molecule has 0 bridgehead atoms. The van der Waals surface area contributed by atoms with Gasteiger partial charge in [0.2, 0.25) is 5.91 Å². The smallest absolute Gasteiger partial charge is 0.224 e. The van der Waals surface area contributed by atoms with Crippen LogP contribution >= 0.6 is 24.8 Å². The molecule has 0 saturated carbocycles. The lowest BCUT2D eigenvalue weighted by molar-refractivity contribution is -0.134. The maximum atomic E-state index is 12.7. The summed E-state index contributed by atoms with van der Waals surface area (Å²) < 4.78 is 2.08. The molecule has 2 heterocycles. The number of hydrogen-bond donors (Lipinski definition) is 1. The first-order valence-electron chi connectivity index (χ1n) is 8.69. The maximum absolute atomic E-state index is 12.7. The first-order valence-corrected chi connectivity index (χ1v) is 8.69. The van der Waals surface area contributed by atoms with Gasteiger partial charge in [-0.1, -0.05) is 19.1 Å². The Labute approximate surface area is 162 Å². The molecule has 1 fully saturated rings. The van der Waals surface area contributed by atoms with E-state index in [1.165, 1.54) is 0 Å². The Morgan fingerprint density at radius 1 is 1.28 bits per heavy atom. The van der Waals surface area contributed by atoms with Crippen molar-refractivity contribution in [1.82, 2.24) is 19.8 Å². The third kappa shape index (κ3) is 5.33. The molecule has 1 saturated heterocycles. The summed E-state index contributed by atoms with van der Waals surface area (Å²) in [4.78, 5) is 19.2. The van der Waals surface area contributed by atoms with E-state index in [2.05, 4.69) is 32.8 Å². The molecule has 1 N–H and O–H groups in total. The van der Waals surface area contributed by atoms with Crippen molar-refractivity contribution >= 4 is 41.8 Å². The number of carbonyl (C=O) groups is 1. The largest absolute Gasteiger partial charge is 0.340 e. The number of benzene rings is 1. The van der Waals surface area contributed by atoms with Crippen molar-refractivity contribution in [2.45, 2.75) is 45.2 Å². The molecule has 1 aromatic heterocycles. The minimum absolute atomic E-state index is 0. The summed E-state index contributed by atoms with van der Waals surface area (Å²) in [5, 5.41) is 3.37. The van der Waals surface area contributed by atoms with Crippen LogP contribution in [0.2, 0.25) is 0 Å². The van der Waals surface area contributed by atoms with Gasteiger partial charge in [-0.25, -0.2) is 4.98 Å². The molecule has 7 heteroatoms. The predicted octanol–water partition coefficient (Wildman–Crippen LogP) is 3.26. The number of aromatic nitrogens is 2. The van der Waals surface area contributed by atoms with Crippen LogP contribution in [0.15, 0.2) is 30.6 Å². The number of rotatable bonds is 6. The summed E-state index contributed by atoms with van der Waals surface area (Å²) in [6.45, 7) is 5.75. The number of hydrogen-bond acceptors (Lipinski definition) is 3. The molecular weight excluding hydrogens is 359 g/mol. The number of piperidine rings is 1. The quantitative estimate of drug-likeness (QED) is 0.828. The lowest BCUT2D eigenvalue weighted by atomic mass is 10.0. The third-order valence-corrected chi connectivity index (χ3v) is 4.63. The van der Waals surface area contributed by atoms with Gasteiger partial charge >= 0.3 is 0 Å². The molecule has 0 unspecified atom stereocenters. The number of imidazole rings is 1. The van der Waals surface area contributed by atoms with Gasteiger partial charge in [0.05, 0.1) is 17.4 Å². The fourth-order valence-electron chi connectivity index (χ4n) is 3.42. The standard InChI is InChI=1S/C18H26N4O.2ClH/c1-2-12-22(15-7-10-19-11-8-15)18(23)9-13-21-14-20-16-5-3-4-6-17(16)21;;/h3-6,14-15,19H,2,7-13H2,1H3;2*1H. The van der Waals surface area contributed by atoms with E-state index in [1.54, 1.807) is 0 Å². The number of nitrogens with zero attached hydrogens (tertiary/aromatic N) is 3. The van der Waals surface area contributed by atoms with Crippen LogP contribution in [-0.4, -0.2) is 46.0 Å². The van der Waals surface area contributed by atoms with Crippen LogP contribution in [-0.2, 0) is 11.3 Å². The summed E-state index contributed by atoms with van der Waals surface area (Å²) >= 11 is 0. The molecule has 2 aromatic rings.